The Kier molecular flexibility index (Phi) is 6.21. The van der Waals surface area contributed by atoms with Crippen LogP contribution in [0.15, 0.2) is 85.0 Å². The van der Waals surface area contributed by atoms with E-state index in [-0.39, 0.29) is 12.2 Å². The molecule has 0 aromatic heterocycles. The van der Waals surface area contributed by atoms with E-state index in [0.717, 1.165) is 0 Å². The molecule has 2 aromatic rings. The SMILES string of the molecule is C1=CC(C(OC(c2ccccc2)C2C=CCCC2)c2ccccc2)CCC1. The molecule has 0 bridgehead atoms. The summed E-state index contributed by atoms with van der Waals surface area (Å²) in [5.74, 6) is 0.917. The van der Waals surface area contributed by atoms with Crippen LogP contribution in [0.25, 0.3) is 0 Å². The fourth-order valence-electron chi connectivity index (χ4n) is 4.48. The first kappa shape index (κ1) is 18.3. The molecular formula is C26H30O. The first-order valence-corrected chi connectivity index (χ1v) is 10.5. The lowest BCUT2D eigenvalue weighted by atomic mass is 9.84. The molecule has 0 aliphatic heterocycles. The molecule has 1 heteroatoms. The van der Waals surface area contributed by atoms with Crippen molar-refractivity contribution in [1.29, 1.82) is 0 Å². The Hall–Kier alpha value is -2.12. The molecule has 0 saturated carbocycles. The lowest BCUT2D eigenvalue weighted by Crippen LogP contribution is -2.23. The van der Waals surface area contributed by atoms with Crippen LogP contribution in [-0.2, 0) is 4.74 Å². The van der Waals surface area contributed by atoms with Crippen molar-refractivity contribution in [3.63, 3.8) is 0 Å². The largest absolute Gasteiger partial charge is 0.364 e. The van der Waals surface area contributed by atoms with Crippen LogP contribution in [0.3, 0.4) is 0 Å². The molecule has 2 aliphatic rings. The van der Waals surface area contributed by atoms with Crippen molar-refractivity contribution < 1.29 is 4.74 Å². The number of ether oxygens (including phenoxy) is 1. The average Bonchev–Trinajstić information content (AvgIpc) is 2.77. The third-order valence-electron chi connectivity index (χ3n) is 5.91. The second-order valence-electron chi connectivity index (χ2n) is 7.84. The first-order valence-electron chi connectivity index (χ1n) is 10.5. The summed E-state index contributed by atoms with van der Waals surface area (Å²) in [6, 6.07) is 21.6. The first-order chi connectivity index (χ1) is 13.4. The van der Waals surface area contributed by atoms with Gasteiger partial charge in [0.25, 0.3) is 0 Å². The topological polar surface area (TPSA) is 9.23 Å². The Balaban J connectivity index is 1.67. The zero-order chi connectivity index (χ0) is 18.3. The van der Waals surface area contributed by atoms with Crippen LogP contribution in [0, 0.1) is 11.8 Å². The van der Waals surface area contributed by atoms with Gasteiger partial charge in [0.2, 0.25) is 0 Å². The van der Waals surface area contributed by atoms with Crippen LogP contribution in [0.2, 0.25) is 0 Å². The van der Waals surface area contributed by atoms with Crippen molar-refractivity contribution in [1.82, 2.24) is 0 Å². The number of benzene rings is 2. The van der Waals surface area contributed by atoms with Crippen LogP contribution in [0.4, 0.5) is 0 Å². The molecule has 0 saturated heterocycles. The Labute approximate surface area is 163 Å². The molecule has 2 aliphatic carbocycles. The molecule has 2 aromatic carbocycles. The van der Waals surface area contributed by atoms with E-state index in [1.54, 1.807) is 0 Å². The van der Waals surface area contributed by atoms with Gasteiger partial charge >= 0.3 is 0 Å². The second kappa shape index (κ2) is 9.19. The summed E-state index contributed by atoms with van der Waals surface area (Å²) in [7, 11) is 0. The highest BCUT2D eigenvalue weighted by Gasteiger charge is 2.30. The fraction of sp³-hybridized carbons (Fsp3) is 0.385. The van der Waals surface area contributed by atoms with E-state index in [0.29, 0.717) is 11.8 Å². The van der Waals surface area contributed by atoms with Gasteiger partial charge in [0.05, 0.1) is 12.2 Å². The van der Waals surface area contributed by atoms with Gasteiger partial charge in [-0.3, -0.25) is 0 Å². The van der Waals surface area contributed by atoms with Crippen LogP contribution >= 0.6 is 0 Å². The molecule has 27 heavy (non-hydrogen) atoms. The molecule has 0 N–H and O–H groups in total. The van der Waals surface area contributed by atoms with Crippen molar-refractivity contribution >= 4 is 0 Å². The molecule has 0 fully saturated rings. The average molecular weight is 359 g/mol. The Bertz CT molecular complexity index is 681. The molecule has 0 spiro atoms. The van der Waals surface area contributed by atoms with E-state index in [1.165, 1.54) is 49.7 Å². The zero-order valence-electron chi connectivity index (χ0n) is 16.0. The predicted molar refractivity (Wildman–Crippen MR) is 112 cm³/mol. The van der Waals surface area contributed by atoms with Crippen LogP contribution in [0.1, 0.15) is 61.9 Å². The molecule has 0 radical (unpaired) electrons. The number of allylic oxidation sites excluding steroid dienone is 2. The van der Waals surface area contributed by atoms with E-state index in [9.17, 15) is 0 Å². The van der Waals surface area contributed by atoms with Crippen molar-refractivity contribution in [3.8, 4) is 0 Å². The third kappa shape index (κ3) is 4.59. The van der Waals surface area contributed by atoms with Gasteiger partial charge in [0.15, 0.2) is 0 Å². The Morgan fingerprint density at radius 2 is 1.07 bits per heavy atom. The maximum atomic E-state index is 7.00. The summed E-state index contributed by atoms with van der Waals surface area (Å²) < 4.78 is 7.00. The minimum Gasteiger partial charge on any atom is -0.364 e. The smallest absolute Gasteiger partial charge is 0.0896 e. The summed E-state index contributed by atoms with van der Waals surface area (Å²) in [4.78, 5) is 0. The summed E-state index contributed by atoms with van der Waals surface area (Å²) in [6.45, 7) is 0. The summed E-state index contributed by atoms with van der Waals surface area (Å²) in [6.07, 6.45) is 17.0. The van der Waals surface area contributed by atoms with Gasteiger partial charge < -0.3 is 4.74 Å². The Morgan fingerprint density at radius 3 is 1.44 bits per heavy atom. The lowest BCUT2D eigenvalue weighted by Gasteiger charge is -2.35. The highest BCUT2D eigenvalue weighted by molar-refractivity contribution is 5.23. The molecule has 4 rings (SSSR count). The summed E-state index contributed by atoms with van der Waals surface area (Å²) >= 11 is 0. The predicted octanol–water partition coefficient (Wildman–Crippen LogP) is 7.20. The minimum atomic E-state index is 0.114. The third-order valence-corrected chi connectivity index (χ3v) is 5.91. The highest BCUT2D eigenvalue weighted by atomic mass is 16.5. The van der Waals surface area contributed by atoms with Gasteiger partial charge in [-0.15, -0.1) is 0 Å². The molecule has 140 valence electrons. The van der Waals surface area contributed by atoms with Gasteiger partial charge in [0, 0.05) is 11.8 Å². The van der Waals surface area contributed by atoms with Gasteiger partial charge in [-0.1, -0.05) is 85.0 Å². The molecular weight excluding hydrogens is 328 g/mol. The minimum absolute atomic E-state index is 0.114. The second-order valence-corrected chi connectivity index (χ2v) is 7.84. The highest BCUT2D eigenvalue weighted by Crippen LogP contribution is 2.42. The number of hydrogen-bond acceptors (Lipinski definition) is 1. The maximum Gasteiger partial charge on any atom is 0.0896 e. The molecule has 1 nitrogen and oxygen atoms in total. The van der Waals surface area contributed by atoms with Crippen molar-refractivity contribution in [2.75, 3.05) is 0 Å². The zero-order valence-corrected chi connectivity index (χ0v) is 16.0. The lowest BCUT2D eigenvalue weighted by molar-refractivity contribution is -0.0612. The van der Waals surface area contributed by atoms with Crippen molar-refractivity contribution in [2.45, 2.75) is 50.7 Å². The van der Waals surface area contributed by atoms with Crippen molar-refractivity contribution in [3.05, 3.63) is 96.1 Å². The van der Waals surface area contributed by atoms with Gasteiger partial charge in [-0.2, -0.15) is 0 Å². The summed E-state index contributed by atoms with van der Waals surface area (Å²) in [5.41, 5.74) is 2.60. The van der Waals surface area contributed by atoms with Crippen LogP contribution in [0.5, 0.6) is 0 Å². The molecule has 0 heterocycles. The normalized spacial score (nSPS) is 24.4. The van der Waals surface area contributed by atoms with Gasteiger partial charge in [0.1, 0.15) is 0 Å². The van der Waals surface area contributed by atoms with E-state index in [2.05, 4.69) is 85.0 Å². The van der Waals surface area contributed by atoms with Crippen LogP contribution in [-0.4, -0.2) is 0 Å². The Morgan fingerprint density at radius 1 is 0.630 bits per heavy atom. The fourth-order valence-corrected chi connectivity index (χ4v) is 4.48. The molecule has 0 amide bonds. The summed E-state index contributed by atoms with van der Waals surface area (Å²) in [5, 5.41) is 0. The van der Waals surface area contributed by atoms with Crippen LogP contribution < -0.4 is 0 Å². The van der Waals surface area contributed by atoms with Gasteiger partial charge in [-0.05, 0) is 49.7 Å². The van der Waals surface area contributed by atoms with E-state index in [4.69, 9.17) is 4.74 Å². The number of rotatable bonds is 6. The van der Waals surface area contributed by atoms with Gasteiger partial charge in [-0.25, -0.2) is 0 Å². The quantitative estimate of drug-likeness (QED) is 0.496. The standard InChI is InChI=1S/C26H30O/c1-5-13-21(14-6-1)25(22-15-7-2-8-16-22)27-26(23-17-9-3-10-18-23)24-19-11-4-12-20-24/h1,3,5-7,9-11,13-15,17-19,22,24-26H,2,4,8,12,16,20H2. The number of hydrogen-bond donors (Lipinski definition) is 0. The maximum absolute atomic E-state index is 7.00. The van der Waals surface area contributed by atoms with E-state index < -0.39 is 0 Å². The van der Waals surface area contributed by atoms with Crippen molar-refractivity contribution in [2.24, 2.45) is 11.8 Å². The monoisotopic (exact) mass is 358 g/mol. The van der Waals surface area contributed by atoms with E-state index >= 15 is 0 Å². The van der Waals surface area contributed by atoms with E-state index in [1.807, 2.05) is 0 Å². The molecule has 4 unspecified atom stereocenters. The molecule has 4 atom stereocenters.